The summed E-state index contributed by atoms with van der Waals surface area (Å²) in [5.74, 6) is 0.596. The lowest BCUT2D eigenvalue weighted by atomic mass is 10.1. The van der Waals surface area contributed by atoms with Gasteiger partial charge in [0.2, 0.25) is 10.0 Å². The number of carbonyl (C=O) groups excluding carboxylic acids is 1. The highest BCUT2D eigenvalue weighted by molar-refractivity contribution is 7.89. The van der Waals surface area contributed by atoms with Crippen molar-refractivity contribution in [3.8, 4) is 11.5 Å². The number of likely N-dealkylation sites (N-methyl/N-ethyl adjacent to an activating group) is 1. The van der Waals surface area contributed by atoms with Crippen LogP contribution < -0.4 is 14.8 Å². The Kier molecular flexibility index (Phi) is 7.43. The van der Waals surface area contributed by atoms with Crippen molar-refractivity contribution in [2.45, 2.75) is 31.8 Å². The van der Waals surface area contributed by atoms with E-state index in [2.05, 4.69) is 10.2 Å². The van der Waals surface area contributed by atoms with Crippen molar-refractivity contribution in [3.63, 3.8) is 0 Å². The number of aryl methyl sites for hydroxylation is 1. The molecule has 9 heteroatoms. The Hall–Kier alpha value is -2.62. The van der Waals surface area contributed by atoms with Crippen molar-refractivity contribution in [2.75, 3.05) is 45.7 Å². The van der Waals surface area contributed by atoms with Gasteiger partial charge in [0.25, 0.3) is 5.91 Å². The Labute approximate surface area is 190 Å². The molecule has 0 aromatic heterocycles. The van der Waals surface area contributed by atoms with Gasteiger partial charge in [-0.15, -0.1) is 0 Å². The predicted octanol–water partition coefficient (Wildman–Crippen LogP) is 2.65. The molecule has 174 valence electrons. The monoisotopic (exact) mass is 461 g/mol. The molecule has 1 aliphatic heterocycles. The third-order valence-corrected chi connectivity index (χ3v) is 7.65. The first kappa shape index (κ1) is 24.0. The first-order chi connectivity index (χ1) is 15.1. The second kappa shape index (κ2) is 9.89. The molecule has 0 aliphatic carbocycles. The van der Waals surface area contributed by atoms with E-state index >= 15 is 0 Å². The van der Waals surface area contributed by atoms with Crippen molar-refractivity contribution >= 4 is 21.6 Å². The number of ether oxygens (including phenoxy) is 2. The number of piperazine rings is 1. The summed E-state index contributed by atoms with van der Waals surface area (Å²) in [6, 6.07) is 10.2. The van der Waals surface area contributed by atoms with Crippen molar-refractivity contribution < 1.29 is 22.7 Å². The number of nitrogens with zero attached hydrogens (tertiary/aromatic N) is 2. The van der Waals surface area contributed by atoms with Gasteiger partial charge in [-0.3, -0.25) is 4.79 Å². The van der Waals surface area contributed by atoms with E-state index in [1.54, 1.807) is 13.0 Å². The van der Waals surface area contributed by atoms with Gasteiger partial charge in [-0.05, 0) is 63.2 Å². The maximum Gasteiger partial charge on any atom is 0.265 e. The highest BCUT2D eigenvalue weighted by Gasteiger charge is 2.28. The van der Waals surface area contributed by atoms with Gasteiger partial charge in [0.15, 0.2) is 6.10 Å². The zero-order valence-corrected chi connectivity index (χ0v) is 20.0. The lowest BCUT2D eigenvalue weighted by Gasteiger charge is -2.31. The Morgan fingerprint density at radius 2 is 1.75 bits per heavy atom. The molecule has 3 rings (SSSR count). The SMILES string of the molecule is COc1ccc(S(=O)(=O)N2CCN(C)CC2)cc1NC(=O)C(C)Oc1cccc(C)c1C. The Morgan fingerprint density at radius 3 is 2.41 bits per heavy atom. The van der Waals surface area contributed by atoms with E-state index in [4.69, 9.17) is 9.47 Å². The minimum atomic E-state index is -3.68. The first-order valence-corrected chi connectivity index (χ1v) is 12.0. The van der Waals surface area contributed by atoms with Gasteiger partial charge in [0.05, 0.1) is 17.7 Å². The van der Waals surface area contributed by atoms with Crippen LogP contribution in [0.1, 0.15) is 18.1 Å². The molecule has 0 spiro atoms. The van der Waals surface area contributed by atoms with Crippen LogP contribution in [0.3, 0.4) is 0 Å². The molecule has 2 aromatic carbocycles. The molecule has 8 nitrogen and oxygen atoms in total. The van der Waals surface area contributed by atoms with Crippen LogP contribution in [0, 0.1) is 13.8 Å². The average molecular weight is 462 g/mol. The molecule has 1 fully saturated rings. The predicted molar refractivity (Wildman–Crippen MR) is 124 cm³/mol. The van der Waals surface area contributed by atoms with Crippen molar-refractivity contribution in [1.82, 2.24) is 9.21 Å². The van der Waals surface area contributed by atoms with Gasteiger partial charge in [-0.2, -0.15) is 4.31 Å². The lowest BCUT2D eigenvalue weighted by molar-refractivity contribution is -0.122. The fourth-order valence-corrected chi connectivity index (χ4v) is 4.90. The molecule has 1 unspecified atom stereocenters. The summed E-state index contributed by atoms with van der Waals surface area (Å²) in [7, 11) is -0.247. The van der Waals surface area contributed by atoms with E-state index in [-0.39, 0.29) is 10.6 Å². The second-order valence-electron chi connectivity index (χ2n) is 8.02. The highest BCUT2D eigenvalue weighted by Crippen LogP contribution is 2.30. The van der Waals surface area contributed by atoms with Crippen molar-refractivity contribution in [3.05, 3.63) is 47.5 Å². The van der Waals surface area contributed by atoms with Gasteiger partial charge in [0, 0.05) is 26.2 Å². The number of sulfonamides is 1. The molecular weight excluding hydrogens is 430 g/mol. The normalized spacial score (nSPS) is 16.4. The zero-order valence-electron chi connectivity index (χ0n) is 19.2. The van der Waals surface area contributed by atoms with Crippen molar-refractivity contribution in [1.29, 1.82) is 0 Å². The minimum Gasteiger partial charge on any atom is -0.495 e. The summed E-state index contributed by atoms with van der Waals surface area (Å²) >= 11 is 0. The van der Waals surface area contributed by atoms with E-state index in [1.165, 1.54) is 23.5 Å². The van der Waals surface area contributed by atoms with Crippen LogP contribution in [0.4, 0.5) is 5.69 Å². The molecule has 1 heterocycles. The van der Waals surface area contributed by atoms with E-state index in [9.17, 15) is 13.2 Å². The van der Waals surface area contributed by atoms with E-state index in [0.29, 0.717) is 37.7 Å². The number of hydrogen-bond acceptors (Lipinski definition) is 6. The van der Waals surface area contributed by atoms with Gasteiger partial charge in [-0.25, -0.2) is 8.42 Å². The second-order valence-corrected chi connectivity index (χ2v) is 9.95. The fraction of sp³-hybridized carbons (Fsp3) is 0.435. The van der Waals surface area contributed by atoms with Gasteiger partial charge < -0.3 is 19.7 Å². The standard InChI is InChI=1S/C23H31N3O5S/c1-16-7-6-8-21(17(16)2)31-18(3)23(27)24-20-15-19(9-10-22(20)30-5)32(28,29)26-13-11-25(4)12-14-26/h6-10,15,18H,11-14H2,1-5H3,(H,24,27). The quantitative estimate of drug-likeness (QED) is 0.682. The summed E-state index contributed by atoms with van der Waals surface area (Å²) in [5, 5.41) is 2.76. The van der Waals surface area contributed by atoms with Crippen LogP contribution in [0.15, 0.2) is 41.3 Å². The molecule has 1 aliphatic rings. The molecule has 0 bridgehead atoms. The Morgan fingerprint density at radius 1 is 1.06 bits per heavy atom. The molecule has 0 radical (unpaired) electrons. The van der Waals surface area contributed by atoms with E-state index in [0.717, 1.165) is 11.1 Å². The fourth-order valence-electron chi connectivity index (χ4n) is 3.45. The first-order valence-electron chi connectivity index (χ1n) is 10.5. The number of carbonyl (C=O) groups is 1. The van der Waals surface area contributed by atoms with E-state index in [1.807, 2.05) is 39.1 Å². The Balaban J connectivity index is 1.79. The number of rotatable bonds is 7. The van der Waals surface area contributed by atoms with Crippen LogP contribution in [0.2, 0.25) is 0 Å². The maximum atomic E-state index is 13.1. The maximum absolute atomic E-state index is 13.1. The van der Waals surface area contributed by atoms with Gasteiger partial charge in [-0.1, -0.05) is 12.1 Å². The minimum absolute atomic E-state index is 0.112. The Bertz CT molecular complexity index is 1080. The summed E-state index contributed by atoms with van der Waals surface area (Å²) in [5.41, 5.74) is 2.31. The largest absolute Gasteiger partial charge is 0.495 e. The number of amides is 1. The average Bonchev–Trinajstić information content (AvgIpc) is 2.77. The summed E-state index contributed by atoms with van der Waals surface area (Å²) < 4.78 is 38.9. The van der Waals surface area contributed by atoms with E-state index < -0.39 is 22.0 Å². The zero-order chi connectivity index (χ0) is 23.5. The number of nitrogens with one attached hydrogen (secondary N) is 1. The molecule has 1 atom stereocenters. The van der Waals surface area contributed by atoms with Gasteiger partial charge >= 0.3 is 0 Å². The molecule has 0 saturated carbocycles. The molecule has 1 N–H and O–H groups in total. The van der Waals surface area contributed by atoms with Crippen LogP contribution >= 0.6 is 0 Å². The smallest absolute Gasteiger partial charge is 0.265 e. The number of hydrogen-bond donors (Lipinski definition) is 1. The topological polar surface area (TPSA) is 88.2 Å². The molecule has 2 aromatic rings. The highest BCUT2D eigenvalue weighted by atomic mass is 32.2. The van der Waals surface area contributed by atoms with Crippen LogP contribution in [0.5, 0.6) is 11.5 Å². The molecular formula is C23H31N3O5S. The number of anilines is 1. The van der Waals surface area contributed by atoms with Crippen LogP contribution in [-0.4, -0.2) is 70.0 Å². The summed E-state index contributed by atoms with van der Waals surface area (Å²) in [6.07, 6.45) is -0.793. The molecule has 1 amide bonds. The van der Waals surface area contributed by atoms with Crippen LogP contribution in [0.25, 0.3) is 0 Å². The third-order valence-electron chi connectivity index (χ3n) is 5.76. The number of methoxy groups -OCH3 is 1. The van der Waals surface area contributed by atoms with Crippen LogP contribution in [-0.2, 0) is 14.8 Å². The molecule has 1 saturated heterocycles. The molecule has 32 heavy (non-hydrogen) atoms. The summed E-state index contributed by atoms with van der Waals surface area (Å²) in [6.45, 7) is 7.75. The van der Waals surface area contributed by atoms with Crippen molar-refractivity contribution in [2.24, 2.45) is 0 Å². The van der Waals surface area contributed by atoms with Gasteiger partial charge in [0.1, 0.15) is 11.5 Å². The lowest BCUT2D eigenvalue weighted by Crippen LogP contribution is -2.47. The third kappa shape index (κ3) is 5.23. The number of benzene rings is 2. The summed E-state index contributed by atoms with van der Waals surface area (Å²) in [4.78, 5) is 15.0.